The second-order valence-electron chi connectivity index (χ2n) is 5.28. The van der Waals surface area contributed by atoms with Crippen molar-refractivity contribution in [3.05, 3.63) is 35.7 Å². The van der Waals surface area contributed by atoms with E-state index < -0.39 is 0 Å². The van der Waals surface area contributed by atoms with Crippen LogP contribution in [0.1, 0.15) is 20.3 Å². The van der Waals surface area contributed by atoms with E-state index in [2.05, 4.69) is 64.8 Å². The van der Waals surface area contributed by atoms with E-state index >= 15 is 0 Å². The first-order valence-corrected chi connectivity index (χ1v) is 9.04. The second-order valence-corrected chi connectivity index (χ2v) is 6.52. The number of rotatable bonds is 5. The molecule has 3 aromatic rings. The SMILES string of the molecule is CCC(C)Nc1c(-c2ccc(SC)cc2)c(Cl)nc2ncnn12. The van der Waals surface area contributed by atoms with E-state index in [0.29, 0.717) is 10.9 Å². The molecule has 0 aliphatic heterocycles. The fourth-order valence-electron chi connectivity index (χ4n) is 2.30. The highest BCUT2D eigenvalue weighted by atomic mass is 35.5. The third kappa shape index (κ3) is 3.14. The predicted molar refractivity (Wildman–Crippen MR) is 96.4 cm³/mol. The molecule has 0 aliphatic carbocycles. The molecule has 23 heavy (non-hydrogen) atoms. The quantitative estimate of drug-likeness (QED) is 0.548. The number of benzene rings is 1. The van der Waals surface area contributed by atoms with Crippen LogP contribution < -0.4 is 5.32 Å². The zero-order valence-electron chi connectivity index (χ0n) is 13.2. The zero-order chi connectivity index (χ0) is 16.4. The maximum absolute atomic E-state index is 6.46. The summed E-state index contributed by atoms with van der Waals surface area (Å²) < 4.78 is 1.70. The van der Waals surface area contributed by atoms with E-state index in [0.717, 1.165) is 23.4 Å². The Kier molecular flexibility index (Phi) is 4.73. The van der Waals surface area contributed by atoms with Gasteiger partial charge in [0.25, 0.3) is 5.78 Å². The Balaban J connectivity index is 2.20. The summed E-state index contributed by atoms with van der Waals surface area (Å²) in [5, 5.41) is 8.20. The molecule has 7 heteroatoms. The van der Waals surface area contributed by atoms with Crippen LogP contribution in [0.2, 0.25) is 5.15 Å². The van der Waals surface area contributed by atoms with Crippen molar-refractivity contribution in [1.82, 2.24) is 19.6 Å². The summed E-state index contributed by atoms with van der Waals surface area (Å²) in [5.41, 5.74) is 1.85. The molecule has 1 N–H and O–H groups in total. The fraction of sp³-hybridized carbons (Fsp3) is 0.312. The summed E-state index contributed by atoms with van der Waals surface area (Å²) in [5.74, 6) is 1.31. The Morgan fingerprint density at radius 1 is 1.30 bits per heavy atom. The molecule has 1 aromatic carbocycles. The number of hydrogen-bond donors (Lipinski definition) is 1. The van der Waals surface area contributed by atoms with E-state index in [1.54, 1.807) is 16.3 Å². The zero-order valence-corrected chi connectivity index (χ0v) is 14.8. The third-order valence-corrected chi connectivity index (χ3v) is 4.77. The molecule has 2 heterocycles. The van der Waals surface area contributed by atoms with Crippen LogP contribution >= 0.6 is 23.4 Å². The lowest BCUT2D eigenvalue weighted by atomic mass is 10.1. The molecule has 5 nitrogen and oxygen atoms in total. The Hall–Kier alpha value is -1.79. The molecule has 2 aromatic heterocycles. The molecule has 0 radical (unpaired) electrons. The number of aromatic nitrogens is 4. The van der Waals surface area contributed by atoms with Crippen molar-refractivity contribution >= 4 is 35.0 Å². The van der Waals surface area contributed by atoms with Gasteiger partial charge in [-0.15, -0.1) is 11.8 Å². The largest absolute Gasteiger partial charge is 0.367 e. The lowest BCUT2D eigenvalue weighted by Gasteiger charge is -2.18. The van der Waals surface area contributed by atoms with Gasteiger partial charge >= 0.3 is 0 Å². The van der Waals surface area contributed by atoms with Crippen LogP contribution in [-0.2, 0) is 0 Å². The van der Waals surface area contributed by atoms with Gasteiger partial charge in [-0.05, 0) is 37.3 Å². The number of thioether (sulfide) groups is 1. The maximum atomic E-state index is 6.46. The van der Waals surface area contributed by atoms with Crippen molar-refractivity contribution < 1.29 is 0 Å². The lowest BCUT2D eigenvalue weighted by Crippen LogP contribution is -2.18. The smallest absolute Gasteiger partial charge is 0.255 e. The summed E-state index contributed by atoms with van der Waals surface area (Å²) in [7, 11) is 0. The molecule has 0 aliphatic rings. The van der Waals surface area contributed by atoms with Gasteiger partial charge in [0, 0.05) is 10.9 Å². The molecule has 3 rings (SSSR count). The van der Waals surface area contributed by atoms with Crippen molar-refractivity contribution in [1.29, 1.82) is 0 Å². The van der Waals surface area contributed by atoms with Crippen molar-refractivity contribution in [2.45, 2.75) is 31.2 Å². The lowest BCUT2D eigenvalue weighted by molar-refractivity contribution is 0.749. The first-order valence-electron chi connectivity index (χ1n) is 7.44. The van der Waals surface area contributed by atoms with Crippen molar-refractivity contribution in [3.63, 3.8) is 0 Å². The first-order chi connectivity index (χ1) is 11.1. The van der Waals surface area contributed by atoms with Crippen LogP contribution in [-0.4, -0.2) is 31.9 Å². The summed E-state index contributed by atoms with van der Waals surface area (Å²) in [4.78, 5) is 9.71. The predicted octanol–water partition coefficient (Wildman–Crippen LogP) is 4.38. The number of nitrogens with zero attached hydrogens (tertiary/aromatic N) is 4. The molecule has 120 valence electrons. The van der Waals surface area contributed by atoms with Gasteiger partial charge in [0.2, 0.25) is 0 Å². The monoisotopic (exact) mass is 347 g/mol. The van der Waals surface area contributed by atoms with Gasteiger partial charge in [-0.25, -0.2) is 0 Å². The van der Waals surface area contributed by atoms with Gasteiger partial charge < -0.3 is 5.32 Å². The van der Waals surface area contributed by atoms with Crippen molar-refractivity contribution in [2.24, 2.45) is 0 Å². The average molecular weight is 348 g/mol. The van der Waals surface area contributed by atoms with Crippen LogP contribution in [0.15, 0.2) is 35.5 Å². The topological polar surface area (TPSA) is 55.1 Å². The molecule has 0 saturated carbocycles. The van der Waals surface area contributed by atoms with Gasteiger partial charge in [-0.1, -0.05) is 30.7 Å². The highest BCUT2D eigenvalue weighted by Crippen LogP contribution is 2.35. The molecular weight excluding hydrogens is 330 g/mol. The second kappa shape index (κ2) is 6.76. The minimum absolute atomic E-state index is 0.282. The molecule has 0 fully saturated rings. The third-order valence-electron chi connectivity index (χ3n) is 3.76. The fourth-order valence-corrected chi connectivity index (χ4v) is 2.98. The Labute approximate surface area is 144 Å². The maximum Gasteiger partial charge on any atom is 0.255 e. The van der Waals surface area contributed by atoms with Crippen LogP contribution in [0, 0.1) is 0 Å². The molecule has 0 saturated heterocycles. The van der Waals surface area contributed by atoms with Gasteiger partial charge in [0.15, 0.2) is 0 Å². The minimum atomic E-state index is 0.282. The Morgan fingerprint density at radius 2 is 2.04 bits per heavy atom. The van der Waals surface area contributed by atoms with E-state index in [1.807, 2.05) is 0 Å². The summed E-state index contributed by atoms with van der Waals surface area (Å²) in [6.07, 6.45) is 4.53. The molecule has 0 spiro atoms. The standard InChI is InChI=1S/C16H18ClN5S/c1-4-10(2)20-15-13(11-5-7-12(23-3)8-6-11)14(17)21-16-18-9-19-22(15)16/h5-10,20H,4H2,1-3H3. The summed E-state index contributed by atoms with van der Waals surface area (Å²) >= 11 is 8.17. The van der Waals surface area contributed by atoms with Crippen LogP contribution in [0.5, 0.6) is 0 Å². The number of fused-ring (bicyclic) bond motifs is 1. The minimum Gasteiger partial charge on any atom is -0.367 e. The number of nitrogens with one attached hydrogen (secondary N) is 1. The van der Waals surface area contributed by atoms with E-state index in [1.165, 1.54) is 11.2 Å². The number of hydrogen-bond acceptors (Lipinski definition) is 5. The highest BCUT2D eigenvalue weighted by molar-refractivity contribution is 7.98. The van der Waals surface area contributed by atoms with Crippen molar-refractivity contribution in [2.75, 3.05) is 11.6 Å². The molecule has 0 bridgehead atoms. The average Bonchev–Trinajstić information content (AvgIpc) is 3.03. The van der Waals surface area contributed by atoms with Crippen LogP contribution in [0.25, 0.3) is 16.9 Å². The summed E-state index contributed by atoms with van der Waals surface area (Å²) in [6.45, 7) is 4.25. The Morgan fingerprint density at radius 3 is 2.70 bits per heavy atom. The van der Waals surface area contributed by atoms with Gasteiger partial charge in [0.05, 0.1) is 5.56 Å². The van der Waals surface area contributed by atoms with Gasteiger partial charge in [-0.2, -0.15) is 19.6 Å². The number of halogens is 1. The normalized spacial score (nSPS) is 12.5. The summed E-state index contributed by atoms with van der Waals surface area (Å²) in [6, 6.07) is 8.55. The highest BCUT2D eigenvalue weighted by Gasteiger charge is 2.18. The molecule has 0 amide bonds. The van der Waals surface area contributed by atoms with E-state index in [9.17, 15) is 0 Å². The van der Waals surface area contributed by atoms with Crippen molar-refractivity contribution in [3.8, 4) is 11.1 Å². The molecule has 1 unspecified atom stereocenters. The van der Waals surface area contributed by atoms with Crippen LogP contribution in [0.3, 0.4) is 0 Å². The molecular formula is C16H18ClN5S. The number of anilines is 1. The first kappa shape index (κ1) is 16.1. The van der Waals surface area contributed by atoms with Gasteiger partial charge in [0.1, 0.15) is 17.3 Å². The van der Waals surface area contributed by atoms with E-state index in [4.69, 9.17) is 11.6 Å². The molecule has 1 atom stereocenters. The van der Waals surface area contributed by atoms with E-state index in [-0.39, 0.29) is 6.04 Å². The van der Waals surface area contributed by atoms with Crippen LogP contribution in [0.4, 0.5) is 5.82 Å². The Bertz CT molecular complexity index is 815. The van der Waals surface area contributed by atoms with Gasteiger partial charge in [-0.3, -0.25) is 0 Å².